The van der Waals surface area contributed by atoms with E-state index in [9.17, 15) is 4.79 Å². The number of nitrogens with one attached hydrogen (secondary N) is 2. The fraction of sp³-hybridized carbons (Fsp3) is 0.167. The van der Waals surface area contributed by atoms with Crippen molar-refractivity contribution in [3.05, 3.63) is 18.2 Å². The first kappa shape index (κ1) is 14.0. The molecule has 0 saturated carbocycles. The molecule has 1 rings (SSSR count). The standard InChI is InChI=1S/C12H11N5O2/c1-8(18)15-11-5-9(3-4-12(11)19-2)16-17-10(6-13)7-14/h3-5,16H,1-2H3,(H,15,18). The third-order valence-electron chi connectivity index (χ3n) is 2.02. The van der Waals surface area contributed by atoms with Gasteiger partial charge >= 0.3 is 0 Å². The second-order valence-electron chi connectivity index (χ2n) is 3.39. The predicted molar refractivity (Wildman–Crippen MR) is 69.6 cm³/mol. The van der Waals surface area contributed by atoms with Crippen molar-refractivity contribution < 1.29 is 9.53 Å². The van der Waals surface area contributed by atoms with E-state index in [0.29, 0.717) is 17.1 Å². The van der Waals surface area contributed by atoms with Crippen molar-refractivity contribution in [1.29, 1.82) is 10.5 Å². The average Bonchev–Trinajstić information content (AvgIpc) is 2.39. The molecule has 0 fully saturated rings. The highest BCUT2D eigenvalue weighted by Crippen LogP contribution is 2.27. The molecular formula is C12H11N5O2. The van der Waals surface area contributed by atoms with Crippen LogP contribution in [0.2, 0.25) is 0 Å². The monoisotopic (exact) mass is 257 g/mol. The summed E-state index contributed by atoms with van der Waals surface area (Å²) in [5, 5.41) is 23.3. The SMILES string of the molecule is COc1ccc(NN=C(C#N)C#N)cc1NC(C)=O. The van der Waals surface area contributed by atoms with Gasteiger partial charge in [-0.15, -0.1) is 0 Å². The van der Waals surface area contributed by atoms with Gasteiger partial charge in [-0.3, -0.25) is 10.2 Å². The molecule has 0 aliphatic rings. The van der Waals surface area contributed by atoms with Gasteiger partial charge in [-0.2, -0.15) is 15.6 Å². The summed E-state index contributed by atoms with van der Waals surface area (Å²) in [6.07, 6.45) is 0. The quantitative estimate of drug-likeness (QED) is 0.626. The maximum atomic E-state index is 11.1. The molecule has 0 saturated heterocycles. The molecule has 0 aromatic heterocycles. The Bertz CT molecular complexity index is 579. The lowest BCUT2D eigenvalue weighted by molar-refractivity contribution is -0.114. The Labute approximate surface area is 110 Å². The van der Waals surface area contributed by atoms with Crippen LogP contribution >= 0.6 is 0 Å². The van der Waals surface area contributed by atoms with Crippen LogP contribution in [0.5, 0.6) is 5.75 Å². The van der Waals surface area contributed by atoms with E-state index in [2.05, 4.69) is 15.8 Å². The van der Waals surface area contributed by atoms with Gasteiger partial charge in [0.15, 0.2) is 0 Å². The third kappa shape index (κ3) is 4.02. The van der Waals surface area contributed by atoms with Crippen LogP contribution in [0.1, 0.15) is 6.92 Å². The summed E-state index contributed by atoms with van der Waals surface area (Å²) in [5.74, 6) is 0.249. The van der Waals surface area contributed by atoms with E-state index in [1.54, 1.807) is 30.3 Å². The Morgan fingerprint density at radius 1 is 1.37 bits per heavy atom. The summed E-state index contributed by atoms with van der Waals surface area (Å²) in [7, 11) is 1.48. The molecule has 1 aromatic rings. The van der Waals surface area contributed by atoms with Crippen molar-refractivity contribution in [2.45, 2.75) is 6.92 Å². The summed E-state index contributed by atoms with van der Waals surface area (Å²) >= 11 is 0. The smallest absolute Gasteiger partial charge is 0.237 e. The Kier molecular flexibility index (Phi) is 4.88. The van der Waals surface area contributed by atoms with E-state index in [1.807, 2.05) is 0 Å². The van der Waals surface area contributed by atoms with E-state index >= 15 is 0 Å². The molecule has 1 amide bonds. The van der Waals surface area contributed by atoms with Crippen LogP contribution in [-0.4, -0.2) is 18.7 Å². The Balaban J connectivity index is 2.99. The molecule has 0 radical (unpaired) electrons. The fourth-order valence-electron chi connectivity index (χ4n) is 1.26. The highest BCUT2D eigenvalue weighted by atomic mass is 16.5. The third-order valence-corrected chi connectivity index (χ3v) is 2.02. The number of amides is 1. The largest absolute Gasteiger partial charge is 0.495 e. The van der Waals surface area contributed by atoms with Gasteiger partial charge < -0.3 is 10.1 Å². The van der Waals surface area contributed by atoms with Crippen LogP contribution in [0, 0.1) is 22.7 Å². The first-order valence-corrected chi connectivity index (χ1v) is 5.20. The number of nitriles is 2. The Morgan fingerprint density at radius 2 is 2.05 bits per heavy atom. The van der Waals surface area contributed by atoms with Gasteiger partial charge in [0.25, 0.3) is 0 Å². The maximum Gasteiger partial charge on any atom is 0.237 e. The summed E-state index contributed by atoms with van der Waals surface area (Å²) in [4.78, 5) is 11.1. The zero-order chi connectivity index (χ0) is 14.3. The first-order chi connectivity index (χ1) is 9.10. The molecule has 0 heterocycles. The van der Waals surface area contributed by atoms with E-state index in [4.69, 9.17) is 15.3 Å². The number of rotatable bonds is 4. The van der Waals surface area contributed by atoms with Crippen LogP contribution in [-0.2, 0) is 4.79 Å². The van der Waals surface area contributed by atoms with Crippen molar-refractivity contribution in [3.8, 4) is 17.9 Å². The van der Waals surface area contributed by atoms with Crippen LogP contribution in [0.4, 0.5) is 11.4 Å². The van der Waals surface area contributed by atoms with Gasteiger partial charge in [0.05, 0.1) is 18.5 Å². The van der Waals surface area contributed by atoms with Crippen LogP contribution in [0.25, 0.3) is 0 Å². The van der Waals surface area contributed by atoms with E-state index in [1.165, 1.54) is 14.0 Å². The van der Waals surface area contributed by atoms with Crippen molar-refractivity contribution >= 4 is 23.0 Å². The molecular weight excluding hydrogens is 246 g/mol. The summed E-state index contributed by atoms with van der Waals surface area (Å²) in [6, 6.07) is 8.09. The molecule has 7 heteroatoms. The molecule has 0 unspecified atom stereocenters. The van der Waals surface area contributed by atoms with Crippen LogP contribution < -0.4 is 15.5 Å². The van der Waals surface area contributed by atoms with Crippen LogP contribution in [0.3, 0.4) is 0 Å². The molecule has 96 valence electrons. The number of carbonyl (C=O) groups excluding carboxylic acids is 1. The lowest BCUT2D eigenvalue weighted by atomic mass is 10.2. The van der Waals surface area contributed by atoms with Gasteiger partial charge in [0, 0.05) is 6.92 Å². The van der Waals surface area contributed by atoms with Crippen molar-refractivity contribution in [2.24, 2.45) is 5.10 Å². The summed E-state index contributed by atoms with van der Waals surface area (Å²) in [5.41, 5.74) is 3.22. The average molecular weight is 257 g/mol. The number of anilines is 2. The van der Waals surface area contributed by atoms with E-state index in [-0.39, 0.29) is 11.6 Å². The Hall–Kier alpha value is -3.06. The molecule has 1 aromatic carbocycles. The highest BCUT2D eigenvalue weighted by Gasteiger charge is 2.06. The minimum Gasteiger partial charge on any atom is -0.495 e. The lowest BCUT2D eigenvalue weighted by Crippen LogP contribution is -2.07. The topological polar surface area (TPSA) is 110 Å². The minimum atomic E-state index is -0.295. The molecule has 0 spiro atoms. The molecule has 0 atom stereocenters. The normalized spacial score (nSPS) is 8.63. The number of hydrogen-bond acceptors (Lipinski definition) is 6. The van der Waals surface area contributed by atoms with Crippen molar-refractivity contribution in [1.82, 2.24) is 0 Å². The number of benzene rings is 1. The fourth-order valence-corrected chi connectivity index (χ4v) is 1.26. The van der Waals surface area contributed by atoms with Gasteiger partial charge in [0.1, 0.15) is 17.9 Å². The summed E-state index contributed by atoms with van der Waals surface area (Å²) < 4.78 is 5.09. The van der Waals surface area contributed by atoms with Gasteiger partial charge in [-0.25, -0.2) is 0 Å². The zero-order valence-corrected chi connectivity index (χ0v) is 10.4. The number of nitrogens with zero attached hydrogens (tertiary/aromatic N) is 3. The molecule has 2 N–H and O–H groups in total. The highest BCUT2D eigenvalue weighted by molar-refractivity contribution is 6.10. The number of ether oxygens (including phenoxy) is 1. The molecule has 0 aliphatic heterocycles. The zero-order valence-electron chi connectivity index (χ0n) is 10.4. The molecule has 7 nitrogen and oxygen atoms in total. The second kappa shape index (κ2) is 6.62. The predicted octanol–water partition coefficient (Wildman–Crippen LogP) is 1.47. The van der Waals surface area contributed by atoms with Crippen LogP contribution in [0.15, 0.2) is 23.3 Å². The molecule has 0 aliphatic carbocycles. The lowest BCUT2D eigenvalue weighted by Gasteiger charge is -2.10. The maximum absolute atomic E-state index is 11.1. The Morgan fingerprint density at radius 3 is 2.58 bits per heavy atom. The minimum absolute atomic E-state index is 0.242. The van der Waals surface area contributed by atoms with Crippen molar-refractivity contribution in [2.75, 3.05) is 17.9 Å². The van der Waals surface area contributed by atoms with E-state index < -0.39 is 0 Å². The number of methoxy groups -OCH3 is 1. The second-order valence-corrected chi connectivity index (χ2v) is 3.39. The number of hydrogen-bond donors (Lipinski definition) is 2. The first-order valence-electron chi connectivity index (χ1n) is 5.20. The molecule has 19 heavy (non-hydrogen) atoms. The van der Waals surface area contributed by atoms with Crippen molar-refractivity contribution in [3.63, 3.8) is 0 Å². The number of hydrazone groups is 1. The van der Waals surface area contributed by atoms with E-state index in [0.717, 1.165) is 0 Å². The van der Waals surface area contributed by atoms with Gasteiger partial charge in [0.2, 0.25) is 11.6 Å². The molecule has 0 bridgehead atoms. The van der Waals surface area contributed by atoms with Gasteiger partial charge in [-0.1, -0.05) is 0 Å². The summed E-state index contributed by atoms with van der Waals surface area (Å²) in [6.45, 7) is 1.38. The van der Waals surface area contributed by atoms with Gasteiger partial charge in [-0.05, 0) is 18.2 Å². The number of carbonyl (C=O) groups is 1.